The summed E-state index contributed by atoms with van der Waals surface area (Å²) < 4.78 is 58.9. The first-order valence-corrected chi connectivity index (χ1v) is 8.68. The number of ether oxygens (including phenoxy) is 2. The van der Waals surface area contributed by atoms with Gasteiger partial charge in [-0.15, -0.1) is 8.78 Å². The molecule has 0 aliphatic carbocycles. The van der Waals surface area contributed by atoms with E-state index in [0.29, 0.717) is 12.8 Å². The Hall–Kier alpha value is -1.94. The quantitative estimate of drug-likeness (QED) is 0.892. The highest BCUT2D eigenvalue weighted by Gasteiger charge is 2.43. The maximum absolute atomic E-state index is 13.0. The van der Waals surface area contributed by atoms with Crippen LogP contribution in [0.3, 0.4) is 0 Å². The van der Waals surface area contributed by atoms with E-state index in [0.717, 1.165) is 10.6 Å². The van der Waals surface area contributed by atoms with Gasteiger partial charge in [-0.1, -0.05) is 0 Å². The predicted molar refractivity (Wildman–Crippen MR) is 75.8 cm³/mol. The van der Waals surface area contributed by atoms with Gasteiger partial charge >= 0.3 is 6.29 Å². The number of nitrogens with one attached hydrogen (secondary N) is 1. The molecule has 0 unspecified atom stereocenters. The Balaban J connectivity index is 1.74. The maximum Gasteiger partial charge on any atom is 0.586 e. The minimum atomic E-state index is -3.73. The molecule has 0 radical (unpaired) electrons. The molecule has 2 aliphatic heterocycles. The summed E-state index contributed by atoms with van der Waals surface area (Å²) in [6, 6.07) is 3.01. The fraction of sp³-hybridized carbons (Fsp3) is 0.462. The Bertz CT molecular complexity index is 753. The van der Waals surface area contributed by atoms with Crippen LogP contribution in [-0.4, -0.2) is 43.8 Å². The van der Waals surface area contributed by atoms with Gasteiger partial charge in [-0.05, 0) is 25.0 Å². The normalized spacial score (nSPS) is 23.0. The number of nitrogens with zero attached hydrogens (tertiary/aromatic N) is 1. The van der Waals surface area contributed by atoms with Gasteiger partial charge in [0.1, 0.15) is 6.04 Å². The Morgan fingerprint density at radius 2 is 2.04 bits per heavy atom. The first kappa shape index (κ1) is 15.9. The molecule has 3 rings (SSSR count). The average molecular weight is 348 g/mol. The largest absolute Gasteiger partial charge is 0.586 e. The molecule has 1 atom stereocenters. The van der Waals surface area contributed by atoms with Crippen LogP contribution in [0.1, 0.15) is 12.8 Å². The summed E-state index contributed by atoms with van der Waals surface area (Å²) in [5, 5.41) is 2.52. The van der Waals surface area contributed by atoms with Crippen molar-refractivity contribution in [2.45, 2.75) is 25.2 Å². The molecule has 1 saturated heterocycles. The summed E-state index contributed by atoms with van der Waals surface area (Å²) in [5.41, 5.74) is 0.218. The Kier molecular flexibility index (Phi) is 3.68. The molecule has 1 N–H and O–H groups in total. The number of sulfonamides is 1. The van der Waals surface area contributed by atoms with Crippen LogP contribution in [0.4, 0.5) is 14.5 Å². The lowest BCUT2D eigenvalue weighted by atomic mass is 10.2. The molecule has 0 spiro atoms. The van der Waals surface area contributed by atoms with Gasteiger partial charge in [-0.3, -0.25) is 4.79 Å². The molecule has 1 aromatic rings. The first-order chi connectivity index (χ1) is 10.7. The van der Waals surface area contributed by atoms with Crippen molar-refractivity contribution in [2.75, 3.05) is 18.1 Å². The van der Waals surface area contributed by atoms with Crippen LogP contribution in [0.2, 0.25) is 0 Å². The number of carbonyl (C=O) groups is 1. The average Bonchev–Trinajstić information content (AvgIpc) is 3.00. The van der Waals surface area contributed by atoms with E-state index in [1.807, 2.05) is 0 Å². The monoisotopic (exact) mass is 348 g/mol. The van der Waals surface area contributed by atoms with Crippen molar-refractivity contribution >= 4 is 21.6 Å². The number of amides is 1. The van der Waals surface area contributed by atoms with Gasteiger partial charge in [0.05, 0.1) is 6.26 Å². The predicted octanol–water partition coefficient (Wildman–Crippen LogP) is 1.37. The molecule has 0 bridgehead atoms. The van der Waals surface area contributed by atoms with Crippen LogP contribution in [0.5, 0.6) is 11.5 Å². The van der Waals surface area contributed by atoms with E-state index in [-0.39, 0.29) is 23.7 Å². The fourth-order valence-electron chi connectivity index (χ4n) is 2.65. The standard InChI is InChI=1S/C13H14F2N2O5S/c1-23(19,20)17-6-2-3-9(17)12(18)16-8-4-5-10-11(7-8)22-13(14,15)21-10/h4-5,7,9H,2-3,6H2,1H3,(H,16,18)/t9-/m1/s1. The van der Waals surface area contributed by atoms with Crippen molar-refractivity contribution in [3.63, 3.8) is 0 Å². The second kappa shape index (κ2) is 5.31. The maximum atomic E-state index is 13.0. The van der Waals surface area contributed by atoms with Crippen molar-refractivity contribution in [2.24, 2.45) is 0 Å². The zero-order chi connectivity index (χ0) is 16.8. The third kappa shape index (κ3) is 3.22. The van der Waals surface area contributed by atoms with Crippen LogP contribution in [-0.2, 0) is 14.8 Å². The molecule has 23 heavy (non-hydrogen) atoms. The molecule has 126 valence electrons. The molecule has 10 heteroatoms. The lowest BCUT2D eigenvalue weighted by Crippen LogP contribution is -2.42. The van der Waals surface area contributed by atoms with Crippen molar-refractivity contribution < 1.29 is 31.5 Å². The summed E-state index contributed by atoms with van der Waals surface area (Å²) in [6.45, 7) is 0.282. The second-order valence-corrected chi connectivity index (χ2v) is 7.29. The second-order valence-electron chi connectivity index (χ2n) is 5.35. The van der Waals surface area contributed by atoms with Gasteiger partial charge < -0.3 is 14.8 Å². The summed E-state index contributed by atoms with van der Waals surface area (Å²) in [4.78, 5) is 12.3. The van der Waals surface area contributed by atoms with Crippen LogP contribution in [0.15, 0.2) is 18.2 Å². The van der Waals surface area contributed by atoms with Crippen molar-refractivity contribution in [3.05, 3.63) is 18.2 Å². The number of hydrogen-bond donors (Lipinski definition) is 1. The van der Waals surface area contributed by atoms with E-state index in [1.165, 1.54) is 18.2 Å². The highest BCUT2D eigenvalue weighted by atomic mass is 32.2. The fourth-order valence-corrected chi connectivity index (χ4v) is 3.78. The molecule has 1 amide bonds. The summed E-state index contributed by atoms with van der Waals surface area (Å²) in [7, 11) is -3.49. The van der Waals surface area contributed by atoms with Crippen molar-refractivity contribution in [1.82, 2.24) is 4.31 Å². The topological polar surface area (TPSA) is 84.9 Å². The summed E-state index contributed by atoms with van der Waals surface area (Å²) in [5.74, 6) is -0.843. The smallest absolute Gasteiger partial charge is 0.395 e. The van der Waals surface area contributed by atoms with Crippen molar-refractivity contribution in [1.29, 1.82) is 0 Å². The zero-order valence-electron chi connectivity index (χ0n) is 12.1. The van der Waals surface area contributed by atoms with E-state index in [4.69, 9.17) is 0 Å². The summed E-state index contributed by atoms with van der Waals surface area (Å²) in [6.07, 6.45) is -1.70. The lowest BCUT2D eigenvalue weighted by Gasteiger charge is -2.21. The number of anilines is 1. The third-order valence-electron chi connectivity index (χ3n) is 3.60. The van der Waals surface area contributed by atoms with E-state index in [1.54, 1.807) is 0 Å². The number of fused-ring (bicyclic) bond motifs is 1. The van der Waals surface area contributed by atoms with Gasteiger partial charge in [0, 0.05) is 18.3 Å². The molecule has 2 aliphatic rings. The van der Waals surface area contributed by atoms with E-state index < -0.39 is 28.3 Å². The Morgan fingerprint density at radius 1 is 1.35 bits per heavy atom. The molecule has 1 fully saturated rings. The van der Waals surface area contributed by atoms with Gasteiger partial charge in [0.25, 0.3) is 0 Å². The van der Waals surface area contributed by atoms with Crippen molar-refractivity contribution in [3.8, 4) is 11.5 Å². The van der Waals surface area contributed by atoms with Crippen LogP contribution < -0.4 is 14.8 Å². The molecular weight excluding hydrogens is 334 g/mol. The number of carbonyl (C=O) groups excluding carboxylic acids is 1. The van der Waals surface area contributed by atoms with E-state index >= 15 is 0 Å². The zero-order valence-corrected chi connectivity index (χ0v) is 12.9. The SMILES string of the molecule is CS(=O)(=O)N1CCC[C@@H]1C(=O)Nc1ccc2c(c1)OC(F)(F)O2. The summed E-state index contributed by atoms with van der Waals surface area (Å²) >= 11 is 0. The molecule has 0 saturated carbocycles. The molecule has 7 nitrogen and oxygen atoms in total. The van der Waals surface area contributed by atoms with Gasteiger partial charge in [0.15, 0.2) is 11.5 Å². The van der Waals surface area contributed by atoms with Crippen LogP contribution >= 0.6 is 0 Å². The number of halogens is 2. The van der Waals surface area contributed by atoms with Crippen LogP contribution in [0.25, 0.3) is 0 Å². The first-order valence-electron chi connectivity index (χ1n) is 6.83. The van der Waals surface area contributed by atoms with E-state index in [2.05, 4.69) is 14.8 Å². The third-order valence-corrected chi connectivity index (χ3v) is 4.89. The molecular formula is C13H14F2N2O5S. The number of hydrogen-bond acceptors (Lipinski definition) is 5. The minimum absolute atomic E-state index is 0.133. The van der Waals surface area contributed by atoms with E-state index in [9.17, 15) is 22.0 Å². The molecule has 1 aromatic carbocycles. The molecule has 0 aromatic heterocycles. The lowest BCUT2D eigenvalue weighted by molar-refractivity contribution is -0.286. The Labute approximate surface area is 131 Å². The Morgan fingerprint density at radius 3 is 2.74 bits per heavy atom. The van der Waals surface area contributed by atoms with Gasteiger partial charge in [-0.2, -0.15) is 4.31 Å². The van der Waals surface area contributed by atoms with Gasteiger partial charge in [-0.25, -0.2) is 8.42 Å². The number of rotatable bonds is 3. The molecule has 2 heterocycles. The highest BCUT2D eigenvalue weighted by molar-refractivity contribution is 7.88. The number of benzene rings is 1. The number of alkyl halides is 2. The minimum Gasteiger partial charge on any atom is -0.395 e. The van der Waals surface area contributed by atoms with Crippen LogP contribution in [0, 0.1) is 0 Å². The van der Waals surface area contributed by atoms with Gasteiger partial charge in [0.2, 0.25) is 15.9 Å². The highest BCUT2D eigenvalue weighted by Crippen LogP contribution is 2.42.